The highest BCUT2D eigenvalue weighted by molar-refractivity contribution is 6.68. The Hall–Kier alpha value is -1.68. The van der Waals surface area contributed by atoms with Crippen LogP contribution in [0.3, 0.4) is 0 Å². The number of benzene rings is 1. The van der Waals surface area contributed by atoms with E-state index in [1.165, 1.54) is 12.1 Å². The van der Waals surface area contributed by atoms with Crippen LogP contribution in [0.1, 0.15) is 10.4 Å². The third-order valence-corrected chi connectivity index (χ3v) is 2.28. The van der Waals surface area contributed by atoms with Crippen molar-refractivity contribution in [2.45, 2.75) is 0 Å². The van der Waals surface area contributed by atoms with Crippen LogP contribution >= 0.6 is 11.6 Å². The lowest BCUT2D eigenvalue weighted by Gasteiger charge is -2.03. The molecule has 0 aliphatic heterocycles. The van der Waals surface area contributed by atoms with Crippen LogP contribution in [0.25, 0.3) is 10.9 Å². The van der Waals surface area contributed by atoms with Gasteiger partial charge in [-0.2, -0.15) is 0 Å². The van der Waals surface area contributed by atoms with Crippen molar-refractivity contribution >= 4 is 27.7 Å². The minimum absolute atomic E-state index is 0.0152. The summed E-state index contributed by atoms with van der Waals surface area (Å²) in [6, 6.07) is 7.02. The lowest BCUT2D eigenvalue weighted by Crippen LogP contribution is -2.15. The number of fused-ring (bicyclic) bond motifs is 1. The summed E-state index contributed by atoms with van der Waals surface area (Å²) in [5.74, 6) is 0. The summed E-state index contributed by atoms with van der Waals surface area (Å²) in [6.07, 6.45) is 0. The van der Waals surface area contributed by atoms with Gasteiger partial charge in [-0.3, -0.25) is 9.59 Å². The molecule has 0 unspecified atom stereocenters. The Morgan fingerprint density at radius 1 is 1.33 bits per heavy atom. The fourth-order valence-corrected chi connectivity index (χ4v) is 1.57. The second-order valence-corrected chi connectivity index (χ2v) is 3.31. The lowest BCUT2D eigenvalue weighted by molar-refractivity contribution is 0.108. The molecular weight excluding hydrogens is 221 g/mol. The predicted octanol–water partition coefficient (Wildman–Crippen LogP) is 2.11. The minimum Gasteiger partial charge on any atom is -0.276 e. The zero-order valence-electron chi connectivity index (χ0n) is 7.41. The summed E-state index contributed by atoms with van der Waals surface area (Å²) in [4.78, 5) is 22.1. The highest BCUT2D eigenvalue weighted by Crippen LogP contribution is 2.18. The number of halogens is 2. The first kappa shape index (κ1) is 9.86. The molecule has 0 aliphatic rings. The van der Waals surface area contributed by atoms with Gasteiger partial charge >= 0.3 is 0 Å². The Balaban J connectivity index is 3.01. The fraction of sp³-hybridized carbons (Fsp3) is 0. The Labute approximate surface area is 88.6 Å². The maximum Gasteiger partial charge on any atom is 0.279 e. The van der Waals surface area contributed by atoms with E-state index in [1.807, 2.05) is 0 Å². The molecule has 0 saturated heterocycles. The van der Waals surface area contributed by atoms with Gasteiger partial charge in [-0.25, -0.2) is 0 Å². The van der Waals surface area contributed by atoms with Gasteiger partial charge in [0, 0.05) is 17.0 Å². The monoisotopic (exact) mass is 225 g/mol. The van der Waals surface area contributed by atoms with Gasteiger partial charge in [0.05, 0.1) is 5.52 Å². The normalized spacial score (nSPS) is 10.5. The second kappa shape index (κ2) is 3.47. The number of hydrogen-bond donors (Lipinski definition) is 0. The van der Waals surface area contributed by atoms with E-state index in [2.05, 4.69) is 0 Å². The first-order valence-electron chi connectivity index (χ1n) is 4.12. The van der Waals surface area contributed by atoms with Crippen LogP contribution in [0.2, 0.25) is 0 Å². The molecule has 0 amide bonds. The number of rotatable bonds is 1. The summed E-state index contributed by atoms with van der Waals surface area (Å²) in [6.45, 7) is 0. The second-order valence-electron chi connectivity index (χ2n) is 2.97. The average Bonchev–Trinajstić information content (AvgIpc) is 2.23. The number of para-hydroxylation sites is 1. The molecule has 0 N–H and O–H groups in total. The molecule has 15 heavy (non-hydrogen) atoms. The van der Waals surface area contributed by atoms with Gasteiger partial charge in [-0.1, -0.05) is 22.7 Å². The van der Waals surface area contributed by atoms with E-state index in [0.717, 1.165) is 6.07 Å². The largest absolute Gasteiger partial charge is 0.279 e. The topological polar surface area (TPSA) is 39.1 Å². The Kier molecular flexibility index (Phi) is 2.28. The van der Waals surface area contributed by atoms with Crippen molar-refractivity contribution in [3.63, 3.8) is 0 Å². The van der Waals surface area contributed by atoms with Gasteiger partial charge in [0.15, 0.2) is 0 Å². The number of carbonyl (C=O) groups excluding carboxylic acids is 1. The molecular formula is C10H5ClFNO2. The summed E-state index contributed by atoms with van der Waals surface area (Å²) in [7, 11) is 0. The number of nitrogens with zero attached hydrogens (tertiary/aromatic N) is 1. The van der Waals surface area contributed by atoms with Gasteiger partial charge in [0.2, 0.25) is 0 Å². The van der Waals surface area contributed by atoms with Crippen LogP contribution in [-0.2, 0) is 0 Å². The van der Waals surface area contributed by atoms with E-state index in [-0.39, 0.29) is 15.9 Å². The maximum absolute atomic E-state index is 13.3. The lowest BCUT2D eigenvalue weighted by atomic mass is 10.1. The molecule has 0 bridgehead atoms. The molecule has 2 aromatic rings. The van der Waals surface area contributed by atoms with E-state index >= 15 is 0 Å². The van der Waals surface area contributed by atoms with Crippen LogP contribution in [-0.4, -0.2) is 10.0 Å². The van der Waals surface area contributed by atoms with Gasteiger partial charge in [-0.05, 0) is 17.7 Å². The van der Waals surface area contributed by atoms with Crippen molar-refractivity contribution in [2.24, 2.45) is 0 Å². The van der Waals surface area contributed by atoms with Gasteiger partial charge in [0.1, 0.15) is 0 Å². The SMILES string of the molecule is O=C(Cl)c1cc(=O)n(F)c2ccccc12. The van der Waals surface area contributed by atoms with Crippen molar-refractivity contribution in [1.29, 1.82) is 0 Å². The molecule has 0 radical (unpaired) electrons. The van der Waals surface area contributed by atoms with Crippen LogP contribution in [0.4, 0.5) is 4.48 Å². The summed E-state index contributed by atoms with van der Waals surface area (Å²) in [5, 5.41) is -0.455. The summed E-state index contributed by atoms with van der Waals surface area (Å²) >= 11 is 5.30. The Morgan fingerprint density at radius 2 is 2.00 bits per heavy atom. The van der Waals surface area contributed by atoms with Crippen molar-refractivity contribution in [3.8, 4) is 0 Å². The smallest absolute Gasteiger partial charge is 0.276 e. The predicted molar refractivity (Wildman–Crippen MR) is 54.9 cm³/mol. The van der Waals surface area contributed by atoms with Crippen molar-refractivity contribution < 1.29 is 9.28 Å². The molecule has 0 spiro atoms. The standard InChI is InChI=1S/C10H5ClFNO2/c11-10(15)7-5-9(14)13(12)8-4-2-1-3-6(7)8/h1-5H. The number of aromatic nitrogens is 1. The molecule has 0 aliphatic carbocycles. The Bertz CT molecular complexity index is 606. The number of carbonyl (C=O) groups is 1. The van der Waals surface area contributed by atoms with E-state index in [0.29, 0.717) is 5.39 Å². The molecule has 0 atom stereocenters. The van der Waals surface area contributed by atoms with Crippen molar-refractivity contribution in [3.05, 3.63) is 46.2 Å². The zero-order chi connectivity index (χ0) is 11.0. The molecule has 5 heteroatoms. The molecule has 2 rings (SSSR count). The highest BCUT2D eigenvalue weighted by Gasteiger charge is 2.12. The average molecular weight is 226 g/mol. The highest BCUT2D eigenvalue weighted by atomic mass is 35.5. The third-order valence-electron chi connectivity index (χ3n) is 2.08. The first-order chi connectivity index (χ1) is 7.11. The van der Waals surface area contributed by atoms with Crippen LogP contribution in [0, 0.1) is 0 Å². The molecule has 1 aromatic carbocycles. The molecule has 76 valence electrons. The van der Waals surface area contributed by atoms with Gasteiger partial charge in [0.25, 0.3) is 10.8 Å². The summed E-state index contributed by atoms with van der Waals surface area (Å²) in [5.41, 5.74) is -0.849. The maximum atomic E-state index is 13.3. The van der Waals surface area contributed by atoms with Crippen molar-refractivity contribution in [2.75, 3.05) is 0 Å². The third kappa shape index (κ3) is 1.53. The molecule has 1 aromatic heterocycles. The van der Waals surface area contributed by atoms with Crippen LogP contribution < -0.4 is 5.56 Å². The van der Waals surface area contributed by atoms with Crippen LogP contribution in [0.5, 0.6) is 0 Å². The van der Waals surface area contributed by atoms with E-state index in [1.54, 1.807) is 12.1 Å². The first-order valence-corrected chi connectivity index (χ1v) is 4.50. The molecule has 0 saturated carbocycles. The quantitative estimate of drug-likeness (QED) is 0.698. The van der Waals surface area contributed by atoms with Gasteiger partial charge < -0.3 is 0 Å². The molecule has 0 fully saturated rings. The van der Waals surface area contributed by atoms with E-state index < -0.39 is 10.8 Å². The Morgan fingerprint density at radius 3 is 2.67 bits per heavy atom. The summed E-state index contributed by atoms with van der Waals surface area (Å²) < 4.78 is 13.3. The number of hydrogen-bond acceptors (Lipinski definition) is 2. The zero-order valence-corrected chi connectivity index (χ0v) is 8.16. The van der Waals surface area contributed by atoms with Crippen LogP contribution in [0.15, 0.2) is 35.1 Å². The molecule has 1 heterocycles. The van der Waals surface area contributed by atoms with Crippen molar-refractivity contribution in [1.82, 2.24) is 4.79 Å². The fourth-order valence-electron chi connectivity index (χ4n) is 1.41. The van der Waals surface area contributed by atoms with E-state index in [4.69, 9.17) is 11.6 Å². The number of pyridine rings is 1. The van der Waals surface area contributed by atoms with Gasteiger partial charge in [-0.15, -0.1) is 4.79 Å². The molecule has 3 nitrogen and oxygen atoms in total. The minimum atomic E-state index is -0.905. The van der Waals surface area contributed by atoms with E-state index in [9.17, 15) is 14.1 Å².